The van der Waals surface area contributed by atoms with Gasteiger partial charge in [-0.15, -0.1) is 0 Å². The predicted octanol–water partition coefficient (Wildman–Crippen LogP) is 0.329. The lowest BCUT2D eigenvalue weighted by molar-refractivity contribution is 0.0998. The average molecular weight is 195 g/mol. The van der Waals surface area contributed by atoms with Gasteiger partial charge in [0.25, 0.3) is 0 Å². The minimum Gasteiger partial charge on any atom is -0.496 e. The van der Waals surface area contributed by atoms with Crippen LogP contribution >= 0.6 is 0 Å². The third-order valence-electron chi connectivity index (χ3n) is 1.93. The minimum atomic E-state index is -0.175. The van der Waals surface area contributed by atoms with E-state index in [1.807, 2.05) is 0 Å². The van der Waals surface area contributed by atoms with Gasteiger partial charge in [0.15, 0.2) is 5.78 Å². The van der Waals surface area contributed by atoms with Crippen LogP contribution in [0.2, 0.25) is 0 Å². The number of nitrogens with two attached hydrogens (primary N) is 1. The van der Waals surface area contributed by atoms with Crippen molar-refractivity contribution in [2.24, 2.45) is 5.73 Å². The number of methoxy groups -OCH3 is 1. The van der Waals surface area contributed by atoms with Gasteiger partial charge in [0.1, 0.15) is 5.75 Å². The summed E-state index contributed by atoms with van der Waals surface area (Å²) in [5.74, 6) is 0.276. The van der Waals surface area contributed by atoms with E-state index >= 15 is 0 Å². The Morgan fingerprint density at radius 2 is 2.29 bits per heavy atom. The second-order valence-electron chi connectivity index (χ2n) is 2.82. The quantitative estimate of drug-likeness (QED) is 0.679. The molecule has 1 rings (SSSR count). The van der Waals surface area contributed by atoms with E-state index in [9.17, 15) is 4.79 Å². The molecule has 4 nitrogen and oxygen atoms in total. The summed E-state index contributed by atoms with van der Waals surface area (Å²) >= 11 is 0. The molecular formula is C10H13NO3. The first kappa shape index (κ1) is 10.7. The minimum absolute atomic E-state index is 0.0468. The average Bonchev–Trinajstić information content (AvgIpc) is 2.27. The third-order valence-corrected chi connectivity index (χ3v) is 1.93. The molecule has 14 heavy (non-hydrogen) atoms. The van der Waals surface area contributed by atoms with Gasteiger partial charge in [0.05, 0.1) is 25.8 Å². The molecule has 0 heterocycles. The molecule has 4 heteroatoms. The molecule has 0 saturated carbocycles. The van der Waals surface area contributed by atoms with Crippen molar-refractivity contribution in [1.82, 2.24) is 0 Å². The standard InChI is InChI=1S/C10H13NO3/c1-14-10-4-7(6-12)2-3-8(10)9(13)5-11/h2-4,12H,5-6,11H2,1H3. The highest BCUT2D eigenvalue weighted by molar-refractivity contribution is 6.00. The number of ether oxygens (including phenoxy) is 1. The highest BCUT2D eigenvalue weighted by atomic mass is 16.5. The van der Waals surface area contributed by atoms with Crippen LogP contribution in [-0.4, -0.2) is 24.5 Å². The number of carbonyl (C=O) groups excluding carboxylic acids is 1. The first-order valence-electron chi connectivity index (χ1n) is 4.24. The first-order chi connectivity index (χ1) is 6.72. The highest BCUT2D eigenvalue weighted by Gasteiger charge is 2.10. The lowest BCUT2D eigenvalue weighted by Gasteiger charge is -2.07. The van der Waals surface area contributed by atoms with Crippen LogP contribution in [0.25, 0.3) is 0 Å². The molecule has 0 bridgehead atoms. The van der Waals surface area contributed by atoms with Crippen LogP contribution < -0.4 is 10.5 Å². The molecule has 0 aromatic heterocycles. The van der Waals surface area contributed by atoms with Crippen molar-refractivity contribution in [1.29, 1.82) is 0 Å². The number of rotatable bonds is 4. The van der Waals surface area contributed by atoms with E-state index in [0.29, 0.717) is 16.9 Å². The second kappa shape index (κ2) is 4.74. The second-order valence-corrected chi connectivity index (χ2v) is 2.82. The van der Waals surface area contributed by atoms with Crippen molar-refractivity contribution < 1.29 is 14.6 Å². The monoisotopic (exact) mass is 195 g/mol. The van der Waals surface area contributed by atoms with Gasteiger partial charge in [-0.2, -0.15) is 0 Å². The summed E-state index contributed by atoms with van der Waals surface area (Å²) in [5.41, 5.74) is 6.40. The van der Waals surface area contributed by atoms with Crippen molar-refractivity contribution >= 4 is 5.78 Å². The Morgan fingerprint density at radius 1 is 1.57 bits per heavy atom. The fourth-order valence-electron chi connectivity index (χ4n) is 1.17. The molecule has 0 radical (unpaired) electrons. The number of carbonyl (C=O) groups is 1. The smallest absolute Gasteiger partial charge is 0.180 e. The molecule has 0 spiro atoms. The zero-order valence-electron chi connectivity index (χ0n) is 7.99. The molecule has 0 amide bonds. The Balaban J connectivity index is 3.11. The number of benzene rings is 1. The van der Waals surface area contributed by atoms with Gasteiger partial charge in [0, 0.05) is 0 Å². The van der Waals surface area contributed by atoms with Gasteiger partial charge in [-0.25, -0.2) is 0 Å². The van der Waals surface area contributed by atoms with Gasteiger partial charge in [-0.1, -0.05) is 6.07 Å². The van der Waals surface area contributed by atoms with Crippen LogP contribution in [0.5, 0.6) is 5.75 Å². The normalized spacial score (nSPS) is 9.93. The van der Waals surface area contributed by atoms with Gasteiger partial charge in [-0.3, -0.25) is 4.79 Å². The molecule has 0 unspecified atom stereocenters. The summed E-state index contributed by atoms with van der Waals surface area (Å²) in [6, 6.07) is 4.91. The van der Waals surface area contributed by atoms with Gasteiger partial charge < -0.3 is 15.6 Å². The molecule has 1 aromatic carbocycles. The van der Waals surface area contributed by atoms with Crippen molar-refractivity contribution in [3.05, 3.63) is 29.3 Å². The third kappa shape index (κ3) is 2.10. The summed E-state index contributed by atoms with van der Waals surface area (Å²) < 4.78 is 5.02. The zero-order chi connectivity index (χ0) is 10.6. The van der Waals surface area contributed by atoms with Gasteiger partial charge in [0.2, 0.25) is 0 Å². The van der Waals surface area contributed by atoms with E-state index in [1.54, 1.807) is 18.2 Å². The lowest BCUT2D eigenvalue weighted by Crippen LogP contribution is -2.14. The van der Waals surface area contributed by atoms with E-state index in [1.165, 1.54) is 7.11 Å². The largest absolute Gasteiger partial charge is 0.496 e. The Morgan fingerprint density at radius 3 is 2.79 bits per heavy atom. The maximum atomic E-state index is 11.3. The summed E-state index contributed by atoms with van der Waals surface area (Å²) in [7, 11) is 1.48. The molecule has 3 N–H and O–H groups in total. The topological polar surface area (TPSA) is 72.5 Å². The maximum Gasteiger partial charge on any atom is 0.180 e. The summed E-state index contributed by atoms with van der Waals surface area (Å²) in [5, 5.41) is 8.88. The van der Waals surface area contributed by atoms with Crippen LogP contribution in [0.3, 0.4) is 0 Å². The fourth-order valence-corrected chi connectivity index (χ4v) is 1.17. The molecule has 1 aromatic rings. The molecule has 76 valence electrons. The van der Waals surface area contributed by atoms with E-state index < -0.39 is 0 Å². The number of aliphatic hydroxyl groups is 1. The van der Waals surface area contributed by atoms with Gasteiger partial charge >= 0.3 is 0 Å². The molecule has 0 fully saturated rings. The summed E-state index contributed by atoms with van der Waals surface area (Å²) in [6.07, 6.45) is 0. The molecule has 0 aliphatic carbocycles. The highest BCUT2D eigenvalue weighted by Crippen LogP contribution is 2.20. The number of hydrogen-bond acceptors (Lipinski definition) is 4. The first-order valence-corrected chi connectivity index (χ1v) is 4.24. The Bertz CT molecular complexity index is 336. The molecule has 0 aliphatic heterocycles. The predicted molar refractivity (Wildman–Crippen MR) is 52.3 cm³/mol. The molecular weight excluding hydrogens is 182 g/mol. The number of Topliss-reactive ketones (excluding diaryl/α,β-unsaturated/α-hetero) is 1. The number of ketones is 1. The fraction of sp³-hybridized carbons (Fsp3) is 0.300. The van der Waals surface area contributed by atoms with Crippen molar-refractivity contribution in [3.8, 4) is 5.75 Å². The van der Waals surface area contributed by atoms with E-state index in [0.717, 1.165) is 0 Å². The zero-order valence-corrected chi connectivity index (χ0v) is 7.99. The molecule has 0 aliphatic rings. The van der Waals surface area contributed by atoms with E-state index in [-0.39, 0.29) is 18.9 Å². The Kier molecular flexibility index (Phi) is 3.62. The Hall–Kier alpha value is -1.39. The SMILES string of the molecule is COc1cc(CO)ccc1C(=O)CN. The van der Waals surface area contributed by atoms with Gasteiger partial charge in [-0.05, 0) is 17.7 Å². The van der Waals surface area contributed by atoms with Crippen LogP contribution in [0, 0.1) is 0 Å². The number of hydrogen-bond donors (Lipinski definition) is 2. The van der Waals surface area contributed by atoms with Crippen LogP contribution in [-0.2, 0) is 6.61 Å². The van der Waals surface area contributed by atoms with Crippen molar-refractivity contribution in [2.75, 3.05) is 13.7 Å². The molecule has 0 saturated heterocycles. The van der Waals surface area contributed by atoms with E-state index in [4.69, 9.17) is 15.6 Å². The van der Waals surface area contributed by atoms with Crippen molar-refractivity contribution in [2.45, 2.75) is 6.61 Å². The van der Waals surface area contributed by atoms with E-state index in [2.05, 4.69) is 0 Å². The Labute approximate surface area is 82.3 Å². The van der Waals surface area contributed by atoms with Crippen LogP contribution in [0.1, 0.15) is 15.9 Å². The van der Waals surface area contributed by atoms with Crippen molar-refractivity contribution in [3.63, 3.8) is 0 Å². The molecule has 0 atom stereocenters. The van der Waals surface area contributed by atoms with Crippen LogP contribution in [0.15, 0.2) is 18.2 Å². The number of aliphatic hydroxyl groups excluding tert-OH is 1. The summed E-state index contributed by atoms with van der Waals surface area (Å²) in [4.78, 5) is 11.3. The van der Waals surface area contributed by atoms with Crippen LogP contribution in [0.4, 0.5) is 0 Å². The maximum absolute atomic E-state index is 11.3. The summed E-state index contributed by atoms with van der Waals surface area (Å²) in [6.45, 7) is -0.123. The lowest BCUT2D eigenvalue weighted by atomic mass is 10.1.